The van der Waals surface area contributed by atoms with E-state index >= 15 is 0 Å². The standard InChI is InChI=1S/C13H18BrN3S/c1-4-15-12(7-13-11(14)5-6-18-13)10-8-17(3)16-9(10)2/h5-6,8,12,15H,4,7H2,1-3H3. The molecule has 0 amide bonds. The number of aryl methyl sites for hydroxylation is 2. The molecule has 2 heterocycles. The number of nitrogens with zero attached hydrogens (tertiary/aromatic N) is 2. The van der Waals surface area contributed by atoms with Crippen molar-refractivity contribution in [2.45, 2.75) is 26.3 Å². The van der Waals surface area contributed by atoms with E-state index < -0.39 is 0 Å². The first-order valence-corrected chi connectivity index (χ1v) is 7.74. The number of hydrogen-bond donors (Lipinski definition) is 1. The summed E-state index contributed by atoms with van der Waals surface area (Å²) in [6.45, 7) is 5.17. The van der Waals surface area contributed by atoms with Gasteiger partial charge in [0.25, 0.3) is 0 Å². The molecule has 5 heteroatoms. The fraction of sp³-hybridized carbons (Fsp3) is 0.462. The number of thiophene rings is 1. The van der Waals surface area contributed by atoms with Gasteiger partial charge in [-0.25, -0.2) is 0 Å². The van der Waals surface area contributed by atoms with Crippen LogP contribution < -0.4 is 5.32 Å². The fourth-order valence-corrected chi connectivity index (χ4v) is 3.72. The van der Waals surface area contributed by atoms with Crippen LogP contribution in [0.1, 0.15) is 29.1 Å². The van der Waals surface area contributed by atoms with E-state index in [0.717, 1.165) is 18.7 Å². The molecular formula is C13H18BrN3S. The summed E-state index contributed by atoms with van der Waals surface area (Å²) in [4.78, 5) is 1.38. The lowest BCUT2D eigenvalue weighted by atomic mass is 10.0. The molecule has 0 bridgehead atoms. The maximum absolute atomic E-state index is 4.43. The SMILES string of the molecule is CCNC(Cc1sccc1Br)c1cn(C)nc1C. The van der Waals surface area contributed by atoms with Gasteiger partial charge in [0.05, 0.1) is 5.69 Å². The van der Waals surface area contributed by atoms with Gasteiger partial charge in [-0.3, -0.25) is 4.68 Å². The molecule has 0 aromatic carbocycles. The first-order valence-electron chi connectivity index (χ1n) is 6.07. The molecule has 0 fully saturated rings. The molecule has 0 spiro atoms. The zero-order valence-corrected chi connectivity index (χ0v) is 13.3. The molecule has 98 valence electrons. The van der Waals surface area contributed by atoms with Crippen LogP contribution in [0, 0.1) is 6.92 Å². The van der Waals surface area contributed by atoms with Gasteiger partial charge in [0.15, 0.2) is 0 Å². The van der Waals surface area contributed by atoms with E-state index in [1.165, 1.54) is 14.9 Å². The third-order valence-electron chi connectivity index (χ3n) is 2.96. The van der Waals surface area contributed by atoms with Crippen molar-refractivity contribution in [1.82, 2.24) is 15.1 Å². The minimum absolute atomic E-state index is 0.332. The predicted octanol–water partition coefficient (Wildman–Crippen LogP) is 3.45. The quantitative estimate of drug-likeness (QED) is 0.911. The maximum Gasteiger partial charge on any atom is 0.0641 e. The molecule has 2 aromatic rings. The Hall–Kier alpha value is -0.650. The van der Waals surface area contributed by atoms with Crippen molar-refractivity contribution in [2.24, 2.45) is 7.05 Å². The first-order chi connectivity index (χ1) is 8.61. The molecule has 0 aliphatic rings. The van der Waals surface area contributed by atoms with E-state index in [1.54, 1.807) is 11.3 Å². The third kappa shape index (κ3) is 3.02. The van der Waals surface area contributed by atoms with Crippen molar-refractivity contribution >= 4 is 27.3 Å². The van der Waals surface area contributed by atoms with Gasteiger partial charge >= 0.3 is 0 Å². The molecule has 2 aromatic heterocycles. The highest BCUT2D eigenvalue weighted by Crippen LogP contribution is 2.29. The van der Waals surface area contributed by atoms with Crippen LogP contribution in [0.5, 0.6) is 0 Å². The first kappa shape index (κ1) is 13.8. The van der Waals surface area contributed by atoms with Crippen molar-refractivity contribution in [3.05, 3.63) is 38.3 Å². The Labute approximate surface area is 120 Å². The average Bonchev–Trinajstić information content (AvgIpc) is 2.85. The number of likely N-dealkylation sites (N-methyl/N-ethyl adjacent to an activating group) is 1. The van der Waals surface area contributed by atoms with E-state index in [4.69, 9.17) is 0 Å². The lowest BCUT2D eigenvalue weighted by Crippen LogP contribution is -2.23. The van der Waals surface area contributed by atoms with Crippen LogP contribution in [0.25, 0.3) is 0 Å². The second-order valence-electron chi connectivity index (χ2n) is 4.35. The van der Waals surface area contributed by atoms with Gasteiger partial charge < -0.3 is 5.32 Å². The molecule has 1 atom stereocenters. The van der Waals surface area contributed by atoms with Crippen molar-refractivity contribution < 1.29 is 0 Å². The van der Waals surface area contributed by atoms with Gasteiger partial charge in [-0.1, -0.05) is 6.92 Å². The second kappa shape index (κ2) is 5.99. The van der Waals surface area contributed by atoms with E-state index in [1.807, 2.05) is 11.7 Å². The summed E-state index contributed by atoms with van der Waals surface area (Å²) in [7, 11) is 1.97. The van der Waals surface area contributed by atoms with Crippen molar-refractivity contribution in [3.63, 3.8) is 0 Å². The Balaban J connectivity index is 2.23. The molecule has 2 rings (SSSR count). The largest absolute Gasteiger partial charge is 0.310 e. The minimum atomic E-state index is 0.332. The molecule has 0 aliphatic heterocycles. The normalized spacial score (nSPS) is 12.9. The van der Waals surface area contributed by atoms with Gasteiger partial charge in [0.2, 0.25) is 0 Å². The Morgan fingerprint density at radius 3 is 2.83 bits per heavy atom. The highest BCUT2D eigenvalue weighted by atomic mass is 79.9. The zero-order chi connectivity index (χ0) is 13.1. The molecule has 0 aliphatic carbocycles. The summed E-state index contributed by atoms with van der Waals surface area (Å²) >= 11 is 5.40. The van der Waals surface area contributed by atoms with Gasteiger partial charge in [-0.2, -0.15) is 5.10 Å². The van der Waals surface area contributed by atoms with Gasteiger partial charge in [0, 0.05) is 40.6 Å². The van der Waals surface area contributed by atoms with Crippen LogP contribution in [0.2, 0.25) is 0 Å². The Morgan fingerprint density at radius 1 is 1.56 bits per heavy atom. The van der Waals surface area contributed by atoms with Crippen molar-refractivity contribution in [1.29, 1.82) is 0 Å². The van der Waals surface area contributed by atoms with Crippen LogP contribution in [-0.2, 0) is 13.5 Å². The molecule has 1 unspecified atom stereocenters. The molecule has 18 heavy (non-hydrogen) atoms. The highest BCUT2D eigenvalue weighted by Gasteiger charge is 2.17. The topological polar surface area (TPSA) is 29.9 Å². The van der Waals surface area contributed by atoms with E-state index in [9.17, 15) is 0 Å². The Bertz CT molecular complexity index is 518. The summed E-state index contributed by atoms with van der Waals surface area (Å²) in [5, 5.41) is 10.1. The molecule has 0 saturated heterocycles. The summed E-state index contributed by atoms with van der Waals surface area (Å²) in [5.74, 6) is 0. The summed E-state index contributed by atoms with van der Waals surface area (Å²) in [6, 6.07) is 2.44. The Kier molecular flexibility index (Phi) is 4.59. The van der Waals surface area contributed by atoms with E-state index in [2.05, 4.69) is 57.8 Å². The van der Waals surface area contributed by atoms with Crippen molar-refractivity contribution in [3.8, 4) is 0 Å². The number of hydrogen-bond acceptors (Lipinski definition) is 3. The van der Waals surface area contributed by atoms with Crippen LogP contribution >= 0.6 is 27.3 Å². The lowest BCUT2D eigenvalue weighted by Gasteiger charge is -2.17. The molecule has 3 nitrogen and oxygen atoms in total. The smallest absolute Gasteiger partial charge is 0.0641 e. The lowest BCUT2D eigenvalue weighted by molar-refractivity contribution is 0.550. The number of halogens is 1. The monoisotopic (exact) mass is 327 g/mol. The van der Waals surface area contributed by atoms with Crippen molar-refractivity contribution in [2.75, 3.05) is 6.54 Å². The molecule has 0 saturated carbocycles. The zero-order valence-electron chi connectivity index (χ0n) is 10.9. The molecule has 0 radical (unpaired) electrons. The van der Waals surface area contributed by atoms with Crippen LogP contribution in [0.3, 0.4) is 0 Å². The van der Waals surface area contributed by atoms with Gasteiger partial charge in [-0.05, 0) is 40.8 Å². The van der Waals surface area contributed by atoms with Crippen LogP contribution in [0.4, 0.5) is 0 Å². The Morgan fingerprint density at radius 2 is 2.33 bits per heavy atom. The van der Waals surface area contributed by atoms with Gasteiger partial charge in [0.1, 0.15) is 0 Å². The summed E-state index contributed by atoms with van der Waals surface area (Å²) in [6.07, 6.45) is 3.11. The summed E-state index contributed by atoms with van der Waals surface area (Å²) in [5.41, 5.74) is 2.40. The summed E-state index contributed by atoms with van der Waals surface area (Å²) < 4.78 is 3.09. The number of rotatable bonds is 5. The van der Waals surface area contributed by atoms with Gasteiger partial charge in [-0.15, -0.1) is 11.3 Å². The number of aromatic nitrogens is 2. The third-order valence-corrected chi connectivity index (χ3v) is 4.91. The van der Waals surface area contributed by atoms with E-state index in [0.29, 0.717) is 6.04 Å². The minimum Gasteiger partial charge on any atom is -0.310 e. The fourth-order valence-electron chi connectivity index (χ4n) is 2.15. The van der Waals surface area contributed by atoms with Crippen LogP contribution in [0.15, 0.2) is 22.1 Å². The second-order valence-corrected chi connectivity index (χ2v) is 6.20. The maximum atomic E-state index is 4.43. The molecular weight excluding hydrogens is 310 g/mol. The highest BCUT2D eigenvalue weighted by molar-refractivity contribution is 9.10. The van der Waals surface area contributed by atoms with Crippen LogP contribution in [-0.4, -0.2) is 16.3 Å². The number of nitrogens with one attached hydrogen (secondary N) is 1. The average molecular weight is 328 g/mol. The van der Waals surface area contributed by atoms with E-state index in [-0.39, 0.29) is 0 Å². The predicted molar refractivity (Wildman–Crippen MR) is 80.1 cm³/mol. The molecule has 1 N–H and O–H groups in total.